The number of nitrogens with one attached hydrogen (secondary N) is 1. The zero-order valence-corrected chi connectivity index (χ0v) is 11.4. The standard InChI is InChI=1S/C13H20FN3O2/c1-13(2,3)19-12(18)17-9(8-15)7-11-10(14)5-4-6-16-11/h4-6,9H,7-8,15H2,1-3H3,(H,17,18). The van der Waals surface area contributed by atoms with E-state index in [2.05, 4.69) is 10.3 Å². The van der Waals surface area contributed by atoms with Crippen LogP contribution >= 0.6 is 0 Å². The van der Waals surface area contributed by atoms with Gasteiger partial charge in [-0.3, -0.25) is 4.98 Å². The lowest BCUT2D eigenvalue weighted by Crippen LogP contribution is -2.44. The van der Waals surface area contributed by atoms with Crippen LogP contribution in [0.3, 0.4) is 0 Å². The second-order valence-corrected chi connectivity index (χ2v) is 5.21. The highest BCUT2D eigenvalue weighted by Crippen LogP contribution is 2.08. The van der Waals surface area contributed by atoms with Gasteiger partial charge in [-0.15, -0.1) is 0 Å². The number of nitrogens with two attached hydrogens (primary N) is 1. The highest BCUT2D eigenvalue weighted by molar-refractivity contribution is 5.68. The van der Waals surface area contributed by atoms with Crippen LogP contribution in [0.5, 0.6) is 0 Å². The second kappa shape index (κ2) is 6.47. The molecule has 0 spiro atoms. The molecule has 19 heavy (non-hydrogen) atoms. The van der Waals surface area contributed by atoms with Gasteiger partial charge in [-0.05, 0) is 32.9 Å². The quantitative estimate of drug-likeness (QED) is 0.870. The highest BCUT2D eigenvalue weighted by Gasteiger charge is 2.20. The number of pyridine rings is 1. The Hall–Kier alpha value is -1.69. The first-order valence-electron chi connectivity index (χ1n) is 6.11. The van der Waals surface area contributed by atoms with E-state index in [1.807, 2.05) is 0 Å². The van der Waals surface area contributed by atoms with Crippen molar-refractivity contribution in [2.45, 2.75) is 38.8 Å². The molecule has 0 aromatic carbocycles. The molecule has 0 radical (unpaired) electrons. The summed E-state index contributed by atoms with van der Waals surface area (Å²) in [6.07, 6.45) is 1.15. The molecular weight excluding hydrogens is 249 g/mol. The van der Waals surface area contributed by atoms with E-state index in [9.17, 15) is 9.18 Å². The number of hydrogen-bond donors (Lipinski definition) is 2. The average molecular weight is 269 g/mol. The zero-order chi connectivity index (χ0) is 14.5. The van der Waals surface area contributed by atoms with Crippen molar-refractivity contribution in [3.8, 4) is 0 Å². The molecule has 1 heterocycles. The van der Waals surface area contributed by atoms with E-state index in [0.717, 1.165) is 0 Å². The summed E-state index contributed by atoms with van der Waals surface area (Å²) in [6.45, 7) is 5.47. The highest BCUT2D eigenvalue weighted by atomic mass is 19.1. The predicted molar refractivity (Wildman–Crippen MR) is 70.1 cm³/mol. The van der Waals surface area contributed by atoms with Crippen LogP contribution < -0.4 is 11.1 Å². The molecule has 1 amide bonds. The summed E-state index contributed by atoms with van der Waals surface area (Å²) >= 11 is 0. The molecule has 0 saturated heterocycles. The number of aromatic nitrogens is 1. The molecule has 1 rings (SSSR count). The predicted octanol–water partition coefficient (Wildman–Crippen LogP) is 1.62. The lowest BCUT2D eigenvalue weighted by Gasteiger charge is -2.22. The number of carbonyl (C=O) groups excluding carboxylic acids is 1. The van der Waals surface area contributed by atoms with Gasteiger partial charge in [-0.2, -0.15) is 0 Å². The van der Waals surface area contributed by atoms with Gasteiger partial charge in [0.25, 0.3) is 0 Å². The van der Waals surface area contributed by atoms with Crippen molar-refractivity contribution in [2.75, 3.05) is 6.54 Å². The Labute approximate surface area is 112 Å². The number of ether oxygens (including phenoxy) is 1. The second-order valence-electron chi connectivity index (χ2n) is 5.21. The first-order valence-corrected chi connectivity index (χ1v) is 6.11. The van der Waals surface area contributed by atoms with Crippen molar-refractivity contribution >= 4 is 6.09 Å². The first kappa shape index (κ1) is 15.4. The number of alkyl carbamates (subject to hydrolysis) is 1. The fourth-order valence-electron chi connectivity index (χ4n) is 1.47. The van der Waals surface area contributed by atoms with Crippen LogP contribution in [0.4, 0.5) is 9.18 Å². The first-order chi connectivity index (χ1) is 8.81. The third-order valence-corrected chi connectivity index (χ3v) is 2.28. The van der Waals surface area contributed by atoms with Gasteiger partial charge in [0.15, 0.2) is 0 Å². The molecule has 1 atom stereocenters. The SMILES string of the molecule is CC(C)(C)OC(=O)NC(CN)Cc1ncccc1F. The Balaban J connectivity index is 2.60. The zero-order valence-electron chi connectivity index (χ0n) is 11.4. The van der Waals surface area contributed by atoms with Crippen LogP contribution in [-0.4, -0.2) is 29.3 Å². The van der Waals surface area contributed by atoms with Gasteiger partial charge >= 0.3 is 6.09 Å². The van der Waals surface area contributed by atoms with Crippen LogP contribution in [0.1, 0.15) is 26.5 Å². The van der Waals surface area contributed by atoms with Crippen LogP contribution in [0.25, 0.3) is 0 Å². The van der Waals surface area contributed by atoms with Gasteiger partial charge in [0.2, 0.25) is 0 Å². The summed E-state index contributed by atoms with van der Waals surface area (Å²) in [5, 5.41) is 2.61. The molecule has 0 aliphatic rings. The lowest BCUT2D eigenvalue weighted by molar-refractivity contribution is 0.0505. The van der Waals surface area contributed by atoms with E-state index in [4.69, 9.17) is 10.5 Å². The fraction of sp³-hybridized carbons (Fsp3) is 0.538. The number of hydrogen-bond acceptors (Lipinski definition) is 4. The van der Waals surface area contributed by atoms with Gasteiger partial charge in [0, 0.05) is 19.2 Å². The summed E-state index contributed by atoms with van der Waals surface area (Å²) in [7, 11) is 0. The fourth-order valence-corrected chi connectivity index (χ4v) is 1.47. The van der Waals surface area contributed by atoms with Crippen LogP contribution in [0, 0.1) is 5.82 Å². The minimum Gasteiger partial charge on any atom is -0.444 e. The number of nitrogens with zero attached hydrogens (tertiary/aromatic N) is 1. The number of amides is 1. The Morgan fingerprint density at radius 2 is 2.26 bits per heavy atom. The van der Waals surface area contributed by atoms with E-state index in [0.29, 0.717) is 0 Å². The van der Waals surface area contributed by atoms with Gasteiger partial charge in [-0.25, -0.2) is 9.18 Å². The van der Waals surface area contributed by atoms with Gasteiger partial charge in [0.05, 0.1) is 11.7 Å². The normalized spacial score (nSPS) is 12.9. The van der Waals surface area contributed by atoms with E-state index < -0.39 is 23.6 Å². The molecule has 6 heteroatoms. The van der Waals surface area contributed by atoms with Crippen molar-refractivity contribution < 1.29 is 13.9 Å². The van der Waals surface area contributed by atoms with E-state index >= 15 is 0 Å². The largest absolute Gasteiger partial charge is 0.444 e. The molecule has 0 fully saturated rings. The summed E-state index contributed by atoms with van der Waals surface area (Å²) < 4.78 is 18.6. The molecule has 0 aliphatic carbocycles. The molecule has 5 nitrogen and oxygen atoms in total. The molecule has 0 saturated carbocycles. The average Bonchev–Trinajstić information content (AvgIpc) is 2.28. The Bertz CT molecular complexity index is 432. The topological polar surface area (TPSA) is 77.2 Å². The van der Waals surface area contributed by atoms with Gasteiger partial charge < -0.3 is 15.8 Å². The molecule has 1 aromatic heterocycles. The summed E-state index contributed by atoms with van der Waals surface area (Å²) in [5.41, 5.74) is 5.25. The van der Waals surface area contributed by atoms with Gasteiger partial charge in [-0.1, -0.05) is 0 Å². The van der Waals surface area contributed by atoms with Crippen molar-refractivity contribution in [3.05, 3.63) is 29.8 Å². The van der Waals surface area contributed by atoms with Crippen molar-refractivity contribution in [1.29, 1.82) is 0 Å². The Kier molecular flexibility index (Phi) is 5.23. The number of carbonyl (C=O) groups is 1. The van der Waals surface area contributed by atoms with Crippen molar-refractivity contribution in [3.63, 3.8) is 0 Å². The Morgan fingerprint density at radius 1 is 1.58 bits per heavy atom. The maximum Gasteiger partial charge on any atom is 0.407 e. The molecule has 3 N–H and O–H groups in total. The molecular formula is C13H20FN3O2. The molecule has 1 aromatic rings. The van der Waals surface area contributed by atoms with E-state index in [1.165, 1.54) is 18.3 Å². The Morgan fingerprint density at radius 3 is 2.79 bits per heavy atom. The van der Waals surface area contributed by atoms with Crippen LogP contribution in [-0.2, 0) is 11.2 Å². The minimum absolute atomic E-state index is 0.176. The molecule has 0 aliphatic heterocycles. The minimum atomic E-state index is -0.584. The molecule has 0 bridgehead atoms. The number of halogens is 1. The molecule has 1 unspecified atom stereocenters. The smallest absolute Gasteiger partial charge is 0.407 e. The number of rotatable bonds is 4. The third-order valence-electron chi connectivity index (χ3n) is 2.28. The molecule has 106 valence electrons. The maximum absolute atomic E-state index is 13.4. The summed E-state index contributed by atoms with van der Waals surface area (Å²) in [4.78, 5) is 15.5. The third kappa shape index (κ3) is 5.65. The summed E-state index contributed by atoms with van der Waals surface area (Å²) in [5.74, 6) is -0.410. The maximum atomic E-state index is 13.4. The van der Waals surface area contributed by atoms with Crippen LogP contribution in [0.2, 0.25) is 0 Å². The summed E-state index contributed by atoms with van der Waals surface area (Å²) in [6, 6.07) is 2.42. The monoisotopic (exact) mass is 269 g/mol. The van der Waals surface area contributed by atoms with Gasteiger partial charge in [0.1, 0.15) is 11.4 Å². The van der Waals surface area contributed by atoms with E-state index in [1.54, 1.807) is 20.8 Å². The van der Waals surface area contributed by atoms with Crippen molar-refractivity contribution in [1.82, 2.24) is 10.3 Å². The van der Waals surface area contributed by atoms with E-state index in [-0.39, 0.29) is 18.7 Å². The van der Waals surface area contributed by atoms with Crippen molar-refractivity contribution in [2.24, 2.45) is 5.73 Å². The van der Waals surface area contributed by atoms with Crippen LogP contribution in [0.15, 0.2) is 18.3 Å². The lowest BCUT2D eigenvalue weighted by atomic mass is 10.1.